The summed E-state index contributed by atoms with van der Waals surface area (Å²) in [6, 6.07) is 5.84. The molecule has 200 valence electrons. The first-order valence-corrected chi connectivity index (χ1v) is 11.9. The van der Waals surface area contributed by atoms with Crippen LogP contribution in [0.3, 0.4) is 0 Å². The number of fused-ring (bicyclic) bond motifs is 1. The van der Waals surface area contributed by atoms with E-state index in [1.54, 1.807) is 25.3 Å². The van der Waals surface area contributed by atoms with Crippen molar-refractivity contribution in [2.45, 2.75) is 38.1 Å². The number of methoxy groups -OCH3 is 1. The van der Waals surface area contributed by atoms with E-state index in [0.717, 1.165) is 0 Å². The number of anilines is 1. The molecule has 13 heteroatoms. The number of benzene rings is 1. The standard InChI is InChI=1S/C24H27ClF2N4O6/c1-24(4-6-32)13-31(17(12-36-24)11-35-22(26)27)21(33)14-7-18-20(19(8-14)34-2)37-23(30-18)29-10-16-9-15(25)3-5-28-16/h3,5,7-9,17,22,32H,4,6,10-13H2,1-2H3,(H,29,30). The molecule has 1 aliphatic heterocycles. The zero-order valence-electron chi connectivity index (χ0n) is 20.2. The van der Waals surface area contributed by atoms with E-state index < -0.39 is 30.8 Å². The monoisotopic (exact) mass is 540 g/mol. The summed E-state index contributed by atoms with van der Waals surface area (Å²) in [6.45, 7) is -1.45. The Hall–Kier alpha value is -3.06. The minimum atomic E-state index is -2.98. The first-order chi connectivity index (χ1) is 17.7. The molecule has 3 aromatic rings. The molecule has 0 radical (unpaired) electrons. The number of ether oxygens (including phenoxy) is 3. The number of hydrogen-bond donors (Lipinski definition) is 2. The van der Waals surface area contributed by atoms with Gasteiger partial charge in [0.1, 0.15) is 5.52 Å². The van der Waals surface area contributed by atoms with Crippen molar-refractivity contribution in [1.82, 2.24) is 14.9 Å². The molecular formula is C24H27ClF2N4O6. The van der Waals surface area contributed by atoms with Crippen LogP contribution in [-0.2, 0) is 16.0 Å². The number of oxazole rings is 1. The molecule has 2 atom stereocenters. The Labute approximate surface area is 216 Å². The summed E-state index contributed by atoms with van der Waals surface area (Å²) in [7, 11) is 1.43. The Kier molecular flexibility index (Phi) is 8.42. The van der Waals surface area contributed by atoms with Gasteiger partial charge in [-0.3, -0.25) is 9.78 Å². The van der Waals surface area contributed by atoms with E-state index in [1.807, 2.05) is 0 Å². The number of aliphatic hydroxyl groups is 1. The quantitative estimate of drug-likeness (QED) is 0.396. The van der Waals surface area contributed by atoms with Gasteiger partial charge in [-0.05, 0) is 31.2 Å². The summed E-state index contributed by atoms with van der Waals surface area (Å²) in [6.07, 6.45) is 1.85. The number of carbonyl (C=O) groups is 1. The topological polar surface area (TPSA) is 119 Å². The lowest BCUT2D eigenvalue weighted by molar-refractivity contribution is -0.172. The second-order valence-corrected chi connectivity index (χ2v) is 9.22. The summed E-state index contributed by atoms with van der Waals surface area (Å²) >= 11 is 6.00. The van der Waals surface area contributed by atoms with Crippen LogP contribution in [-0.4, -0.2) is 77.6 Å². The Balaban J connectivity index is 1.60. The lowest BCUT2D eigenvalue weighted by Crippen LogP contribution is -2.59. The van der Waals surface area contributed by atoms with E-state index in [0.29, 0.717) is 28.4 Å². The number of morpholine rings is 1. The molecule has 2 N–H and O–H groups in total. The summed E-state index contributed by atoms with van der Waals surface area (Å²) in [5.41, 5.74) is 0.726. The van der Waals surface area contributed by atoms with Gasteiger partial charge in [0.2, 0.25) is 0 Å². The van der Waals surface area contributed by atoms with Crippen molar-refractivity contribution in [3.05, 3.63) is 46.7 Å². The summed E-state index contributed by atoms with van der Waals surface area (Å²) < 4.78 is 47.0. The minimum absolute atomic E-state index is 0.0239. The SMILES string of the molecule is COc1cc(C(=O)N2CC(C)(CCO)OCC2COC(F)F)cc2nc(NCc3cc(Cl)ccn3)oc12. The van der Waals surface area contributed by atoms with Gasteiger partial charge in [-0.15, -0.1) is 0 Å². The molecule has 1 fully saturated rings. The van der Waals surface area contributed by atoms with Crippen LogP contribution in [0.2, 0.25) is 5.02 Å². The molecule has 0 spiro atoms. The molecule has 2 unspecified atom stereocenters. The fourth-order valence-corrected chi connectivity index (χ4v) is 4.28. The van der Waals surface area contributed by atoms with Gasteiger partial charge in [-0.1, -0.05) is 11.6 Å². The predicted molar refractivity (Wildman–Crippen MR) is 130 cm³/mol. The second kappa shape index (κ2) is 11.5. The number of carbonyl (C=O) groups excluding carboxylic acids is 1. The zero-order chi connectivity index (χ0) is 26.6. The molecular weight excluding hydrogens is 514 g/mol. The van der Waals surface area contributed by atoms with Gasteiger partial charge < -0.3 is 34.0 Å². The van der Waals surface area contributed by atoms with Gasteiger partial charge in [0.25, 0.3) is 11.9 Å². The maximum atomic E-state index is 13.6. The maximum Gasteiger partial charge on any atom is 0.345 e. The van der Waals surface area contributed by atoms with E-state index in [1.165, 1.54) is 24.1 Å². The second-order valence-electron chi connectivity index (χ2n) is 8.78. The van der Waals surface area contributed by atoms with E-state index in [-0.39, 0.29) is 43.5 Å². The van der Waals surface area contributed by atoms with Crippen molar-refractivity contribution in [3.63, 3.8) is 0 Å². The number of aromatic nitrogens is 2. The average Bonchev–Trinajstić information content (AvgIpc) is 3.29. The Morgan fingerprint density at radius 3 is 2.92 bits per heavy atom. The van der Waals surface area contributed by atoms with Gasteiger partial charge in [0.05, 0.1) is 50.7 Å². The van der Waals surface area contributed by atoms with Gasteiger partial charge in [0, 0.05) is 29.8 Å². The lowest BCUT2D eigenvalue weighted by Gasteiger charge is -2.45. The van der Waals surface area contributed by atoms with Crippen LogP contribution in [0.5, 0.6) is 5.75 Å². The van der Waals surface area contributed by atoms with Crippen molar-refractivity contribution >= 4 is 34.6 Å². The van der Waals surface area contributed by atoms with Crippen LogP contribution < -0.4 is 10.1 Å². The summed E-state index contributed by atoms with van der Waals surface area (Å²) in [5.74, 6) is -0.176. The molecule has 0 aliphatic carbocycles. The molecule has 2 aromatic heterocycles. The van der Waals surface area contributed by atoms with Crippen LogP contribution in [0.4, 0.5) is 14.8 Å². The Morgan fingerprint density at radius 2 is 2.22 bits per heavy atom. The van der Waals surface area contributed by atoms with Crippen molar-refractivity contribution in [2.24, 2.45) is 0 Å². The summed E-state index contributed by atoms with van der Waals surface area (Å²) in [5, 5.41) is 13.0. The van der Waals surface area contributed by atoms with Crippen molar-refractivity contribution in [1.29, 1.82) is 0 Å². The molecule has 1 aromatic carbocycles. The number of nitrogens with zero attached hydrogens (tertiary/aromatic N) is 3. The predicted octanol–water partition coefficient (Wildman–Crippen LogP) is 3.72. The third kappa shape index (κ3) is 6.45. The Morgan fingerprint density at radius 1 is 1.41 bits per heavy atom. The molecule has 37 heavy (non-hydrogen) atoms. The lowest BCUT2D eigenvalue weighted by atomic mass is 9.97. The molecule has 1 aliphatic rings. The smallest absolute Gasteiger partial charge is 0.345 e. The first-order valence-electron chi connectivity index (χ1n) is 11.5. The third-order valence-corrected chi connectivity index (χ3v) is 6.24. The van der Waals surface area contributed by atoms with E-state index >= 15 is 0 Å². The van der Waals surface area contributed by atoms with Crippen LogP contribution in [0, 0.1) is 0 Å². The number of nitrogens with one attached hydrogen (secondary N) is 1. The largest absolute Gasteiger partial charge is 0.493 e. The van der Waals surface area contributed by atoms with Crippen molar-refractivity contribution in [3.8, 4) is 5.75 Å². The van der Waals surface area contributed by atoms with E-state index in [4.69, 9.17) is 25.5 Å². The highest BCUT2D eigenvalue weighted by Crippen LogP contribution is 2.32. The highest BCUT2D eigenvalue weighted by molar-refractivity contribution is 6.30. The van der Waals surface area contributed by atoms with Crippen LogP contribution in [0.1, 0.15) is 29.4 Å². The number of hydrogen-bond acceptors (Lipinski definition) is 9. The first kappa shape index (κ1) is 27.0. The fourth-order valence-electron chi connectivity index (χ4n) is 4.10. The number of aliphatic hydroxyl groups excluding tert-OH is 1. The molecule has 3 heterocycles. The third-order valence-electron chi connectivity index (χ3n) is 6.01. The average molecular weight is 541 g/mol. The summed E-state index contributed by atoms with van der Waals surface area (Å²) in [4.78, 5) is 23.7. The zero-order valence-corrected chi connectivity index (χ0v) is 21.0. The number of rotatable bonds is 10. The van der Waals surface area contributed by atoms with E-state index in [2.05, 4.69) is 20.0 Å². The molecule has 0 bridgehead atoms. The van der Waals surface area contributed by atoms with Crippen molar-refractivity contribution < 1.29 is 37.3 Å². The van der Waals surface area contributed by atoms with Crippen LogP contribution in [0.15, 0.2) is 34.9 Å². The molecule has 10 nitrogen and oxygen atoms in total. The van der Waals surface area contributed by atoms with Gasteiger partial charge >= 0.3 is 6.61 Å². The van der Waals surface area contributed by atoms with Crippen molar-refractivity contribution in [2.75, 3.05) is 38.8 Å². The Bertz CT molecular complexity index is 1250. The number of alkyl halides is 2. The molecule has 1 saturated heterocycles. The maximum absolute atomic E-state index is 13.6. The van der Waals surface area contributed by atoms with Crippen LogP contribution >= 0.6 is 11.6 Å². The fraction of sp³-hybridized carbons (Fsp3) is 0.458. The molecule has 0 saturated carbocycles. The van der Waals surface area contributed by atoms with Gasteiger partial charge in [-0.2, -0.15) is 13.8 Å². The van der Waals surface area contributed by atoms with Gasteiger partial charge in [0.15, 0.2) is 11.3 Å². The molecule has 4 rings (SSSR count). The van der Waals surface area contributed by atoms with Crippen LogP contribution in [0.25, 0.3) is 11.1 Å². The van der Waals surface area contributed by atoms with E-state index in [9.17, 15) is 18.7 Å². The number of pyridine rings is 1. The number of amides is 1. The van der Waals surface area contributed by atoms with Gasteiger partial charge in [-0.25, -0.2) is 0 Å². The minimum Gasteiger partial charge on any atom is -0.493 e. The highest BCUT2D eigenvalue weighted by Gasteiger charge is 2.40. The molecule has 1 amide bonds. The number of halogens is 3. The normalized spacial score (nSPS) is 20.0. The highest BCUT2D eigenvalue weighted by atomic mass is 35.5.